The molecule has 1 aromatic rings. The smallest absolute Gasteiger partial charge is 0.258 e. The summed E-state index contributed by atoms with van der Waals surface area (Å²) in [4.78, 5) is 18.4. The normalized spacial score (nSPS) is 11.1. The predicted octanol–water partition coefficient (Wildman–Crippen LogP) is 1.59. The number of halogens is 1. The molecule has 0 aliphatic rings. The standard InChI is InChI=1S/C6H3BrN2O6S/c7-16(14,15)6-3-4(8(10)11)1-2-5(6)9(12)13/h1-3H. The third kappa shape index (κ3) is 2.52. The van der Waals surface area contributed by atoms with Gasteiger partial charge >= 0.3 is 0 Å². The van der Waals surface area contributed by atoms with Gasteiger partial charge in [-0.1, -0.05) is 0 Å². The van der Waals surface area contributed by atoms with E-state index < -0.39 is 34.4 Å². The summed E-state index contributed by atoms with van der Waals surface area (Å²) in [5, 5.41) is 20.9. The topological polar surface area (TPSA) is 120 Å². The number of non-ortho nitro benzene ring substituents is 1. The van der Waals surface area contributed by atoms with Gasteiger partial charge in [0.1, 0.15) is 0 Å². The van der Waals surface area contributed by atoms with Crippen molar-refractivity contribution in [3.05, 3.63) is 38.4 Å². The number of hydrogen-bond acceptors (Lipinski definition) is 6. The Bertz CT molecular complexity index is 568. The molecule has 16 heavy (non-hydrogen) atoms. The summed E-state index contributed by atoms with van der Waals surface area (Å²) in [7, 11) is -4.07. The first kappa shape index (κ1) is 12.5. The molecule has 0 heterocycles. The highest BCUT2D eigenvalue weighted by Crippen LogP contribution is 2.31. The second-order valence-electron chi connectivity index (χ2n) is 2.60. The van der Waals surface area contributed by atoms with Gasteiger partial charge in [0.15, 0.2) is 4.90 Å². The van der Waals surface area contributed by atoms with Crippen LogP contribution in [-0.4, -0.2) is 18.3 Å². The number of nitrogens with zero attached hydrogens (tertiary/aromatic N) is 2. The quantitative estimate of drug-likeness (QED) is 0.475. The predicted molar refractivity (Wildman–Crippen MR) is 55.9 cm³/mol. The Labute approximate surface area is 96.3 Å². The third-order valence-corrected chi connectivity index (χ3v) is 3.51. The molecule has 1 aromatic carbocycles. The zero-order valence-corrected chi connectivity index (χ0v) is 9.76. The fraction of sp³-hybridized carbons (Fsp3) is 0. The molecule has 0 saturated heterocycles. The highest BCUT2D eigenvalue weighted by atomic mass is 79.9. The third-order valence-electron chi connectivity index (χ3n) is 1.61. The van der Waals surface area contributed by atoms with Gasteiger partial charge in [-0.3, -0.25) is 20.2 Å². The lowest BCUT2D eigenvalue weighted by molar-refractivity contribution is -0.391. The largest absolute Gasteiger partial charge is 0.289 e. The van der Waals surface area contributed by atoms with Gasteiger partial charge in [0, 0.05) is 18.2 Å². The Kier molecular flexibility index (Phi) is 3.24. The molecule has 1 rings (SSSR count). The summed E-state index contributed by atoms with van der Waals surface area (Å²) >= 11 is 2.23. The van der Waals surface area contributed by atoms with Crippen molar-refractivity contribution >= 4 is 34.5 Å². The van der Waals surface area contributed by atoms with Crippen molar-refractivity contribution < 1.29 is 18.3 Å². The molecule has 10 heteroatoms. The van der Waals surface area contributed by atoms with E-state index in [2.05, 4.69) is 14.8 Å². The zero-order valence-electron chi connectivity index (χ0n) is 7.36. The fourth-order valence-corrected chi connectivity index (χ4v) is 2.39. The van der Waals surface area contributed by atoms with Gasteiger partial charge in [0.25, 0.3) is 11.4 Å². The van der Waals surface area contributed by atoms with E-state index in [0.717, 1.165) is 12.1 Å². The molecule has 0 saturated carbocycles. The maximum Gasteiger partial charge on any atom is 0.289 e. The van der Waals surface area contributed by atoms with E-state index in [-0.39, 0.29) is 0 Å². The van der Waals surface area contributed by atoms with Crippen molar-refractivity contribution in [3.63, 3.8) is 0 Å². The van der Waals surface area contributed by atoms with Crippen molar-refractivity contribution in [3.8, 4) is 0 Å². The van der Waals surface area contributed by atoms with Gasteiger partial charge in [-0.15, -0.1) is 0 Å². The first-order chi connectivity index (χ1) is 7.23. The fourth-order valence-electron chi connectivity index (χ4n) is 0.962. The minimum atomic E-state index is -4.07. The van der Waals surface area contributed by atoms with Crippen molar-refractivity contribution in [2.24, 2.45) is 0 Å². The summed E-state index contributed by atoms with van der Waals surface area (Å²) in [5.41, 5.74) is -1.26. The van der Waals surface area contributed by atoms with E-state index in [1.807, 2.05) is 0 Å². The summed E-state index contributed by atoms with van der Waals surface area (Å²) in [6.45, 7) is 0. The lowest BCUT2D eigenvalue weighted by atomic mass is 10.3. The number of benzene rings is 1. The van der Waals surface area contributed by atoms with Gasteiger partial charge in [-0.25, -0.2) is 8.42 Å². The average molecular weight is 311 g/mol. The van der Waals surface area contributed by atoms with Gasteiger partial charge in [-0.2, -0.15) is 0 Å². The Morgan fingerprint density at radius 2 is 1.69 bits per heavy atom. The Hall–Kier alpha value is -1.55. The van der Waals surface area contributed by atoms with Crippen LogP contribution >= 0.6 is 14.8 Å². The highest BCUT2D eigenvalue weighted by molar-refractivity contribution is 9.47. The number of nitro groups is 2. The van der Waals surface area contributed by atoms with Crippen LogP contribution in [0.3, 0.4) is 0 Å². The molecule has 0 spiro atoms. The second-order valence-corrected chi connectivity index (χ2v) is 6.48. The van der Waals surface area contributed by atoms with E-state index >= 15 is 0 Å². The Balaban J connectivity index is 3.58. The maximum absolute atomic E-state index is 11.1. The first-order valence-corrected chi connectivity index (χ1v) is 6.93. The zero-order chi connectivity index (χ0) is 12.5. The molecule has 86 valence electrons. The van der Waals surface area contributed by atoms with Crippen LogP contribution in [0.1, 0.15) is 0 Å². The number of rotatable bonds is 3. The van der Waals surface area contributed by atoms with Crippen LogP contribution in [-0.2, 0) is 8.27 Å². The van der Waals surface area contributed by atoms with Crippen LogP contribution in [0.15, 0.2) is 23.1 Å². The summed E-state index contributed by atoms with van der Waals surface area (Å²) in [6, 6.07) is 2.26. The lowest BCUT2D eigenvalue weighted by Crippen LogP contribution is -2.00. The Morgan fingerprint density at radius 3 is 2.06 bits per heavy atom. The van der Waals surface area contributed by atoms with E-state index in [0.29, 0.717) is 6.07 Å². The Morgan fingerprint density at radius 1 is 1.12 bits per heavy atom. The molecular formula is C6H3BrN2O6S. The van der Waals surface area contributed by atoms with Crippen LogP contribution in [0.5, 0.6) is 0 Å². The van der Waals surface area contributed by atoms with E-state index in [1.165, 1.54) is 0 Å². The minimum absolute atomic E-state index is 0.538. The number of hydrogen-bond donors (Lipinski definition) is 0. The molecule has 0 aliphatic carbocycles. The molecule has 0 amide bonds. The van der Waals surface area contributed by atoms with Gasteiger partial charge < -0.3 is 0 Å². The van der Waals surface area contributed by atoms with Crippen LogP contribution < -0.4 is 0 Å². The van der Waals surface area contributed by atoms with Crippen molar-refractivity contribution in [1.29, 1.82) is 0 Å². The second kappa shape index (κ2) is 4.14. The van der Waals surface area contributed by atoms with Crippen LogP contribution in [0.2, 0.25) is 0 Å². The van der Waals surface area contributed by atoms with E-state index in [4.69, 9.17) is 0 Å². The molecule has 0 unspecified atom stereocenters. The first-order valence-electron chi connectivity index (χ1n) is 3.61. The van der Waals surface area contributed by atoms with Crippen molar-refractivity contribution in [1.82, 2.24) is 0 Å². The molecule has 0 N–H and O–H groups in total. The maximum atomic E-state index is 11.1. The van der Waals surface area contributed by atoms with Crippen LogP contribution in [0.4, 0.5) is 11.4 Å². The molecule has 0 aromatic heterocycles. The molecule has 0 atom stereocenters. The van der Waals surface area contributed by atoms with Gasteiger partial charge in [-0.05, 0) is 0 Å². The van der Waals surface area contributed by atoms with Crippen molar-refractivity contribution in [2.75, 3.05) is 0 Å². The SMILES string of the molecule is O=[N+]([O-])c1ccc([N+](=O)[O-])c(S(=O)(=O)Br)c1. The minimum Gasteiger partial charge on any atom is -0.258 e. The highest BCUT2D eigenvalue weighted by Gasteiger charge is 2.26. The van der Waals surface area contributed by atoms with E-state index in [1.54, 1.807) is 0 Å². The van der Waals surface area contributed by atoms with Gasteiger partial charge in [0.2, 0.25) is 8.27 Å². The van der Waals surface area contributed by atoms with Gasteiger partial charge in [0.05, 0.1) is 24.7 Å². The molecule has 0 fully saturated rings. The van der Waals surface area contributed by atoms with E-state index in [9.17, 15) is 28.6 Å². The molecule has 0 aliphatic heterocycles. The van der Waals surface area contributed by atoms with Crippen LogP contribution in [0.25, 0.3) is 0 Å². The molecule has 0 radical (unpaired) electrons. The number of nitro benzene ring substituents is 2. The molecule has 0 bridgehead atoms. The summed E-state index contributed by atoms with van der Waals surface area (Å²) in [5.74, 6) is 0. The van der Waals surface area contributed by atoms with Crippen molar-refractivity contribution in [2.45, 2.75) is 4.90 Å². The summed E-state index contributed by atoms with van der Waals surface area (Å²) < 4.78 is 22.2. The van der Waals surface area contributed by atoms with Crippen LogP contribution in [0, 0.1) is 20.2 Å². The monoisotopic (exact) mass is 310 g/mol. The summed E-state index contributed by atoms with van der Waals surface area (Å²) in [6.07, 6.45) is 0. The lowest BCUT2D eigenvalue weighted by Gasteiger charge is -1.98. The molecular weight excluding hydrogens is 308 g/mol. The molecule has 8 nitrogen and oxygen atoms in total. The average Bonchev–Trinajstić information content (AvgIpc) is 2.15.